The second kappa shape index (κ2) is 14.9. The minimum Gasteiger partial charge on any atom is -0.444 e. The maximum Gasteiger partial charge on any atom is 0.408 e. The topological polar surface area (TPSA) is 151 Å². The summed E-state index contributed by atoms with van der Waals surface area (Å²) in [6.45, 7) is 17.0. The summed E-state index contributed by atoms with van der Waals surface area (Å²) in [6, 6.07) is -2.46. The third-order valence-corrected chi connectivity index (χ3v) is 7.74. The van der Waals surface area contributed by atoms with Crippen LogP contribution in [0.25, 0.3) is 0 Å². The quantitative estimate of drug-likeness (QED) is 0.324. The number of nitrogens with two attached hydrogens (primary N) is 1. The van der Waals surface area contributed by atoms with Crippen molar-refractivity contribution in [1.29, 1.82) is 0 Å². The highest BCUT2D eigenvalue weighted by atomic mass is 16.6. The Bertz CT molecular complexity index is 832. The van der Waals surface area contributed by atoms with Crippen LogP contribution in [-0.4, -0.2) is 69.7 Å². The first kappa shape index (κ1) is 34.7. The molecule has 0 bridgehead atoms. The Balaban J connectivity index is 0.00000371. The second-order valence-corrected chi connectivity index (χ2v) is 12.3. The van der Waals surface area contributed by atoms with Crippen LogP contribution in [0, 0.1) is 17.8 Å². The number of hydrogen-bond acceptors (Lipinski definition) is 6. The number of carbonyl (C=O) groups excluding carboxylic acids is 4. The Kier molecular flexibility index (Phi) is 13.2. The molecule has 226 valence electrons. The second-order valence-electron chi connectivity index (χ2n) is 12.3. The standard InChI is InChI=1S/C27H48N4O6.C2H6/c1-8-11-20(27(7,36)24(28)34)29-22(32)19-14-18(16(2)3)15-31(19)23(33)21(17-12-9-10-13-17)30-25(35)37-26(4,5)6;1-2/h16-21,36H,8-15H2,1-7H3,(H2,28,34)(H,29,32)(H,30,35);1-2H3. The van der Waals surface area contributed by atoms with Crippen molar-refractivity contribution in [3.63, 3.8) is 0 Å². The van der Waals surface area contributed by atoms with Crippen LogP contribution in [0.1, 0.15) is 107 Å². The van der Waals surface area contributed by atoms with Crippen molar-refractivity contribution in [3.05, 3.63) is 0 Å². The van der Waals surface area contributed by atoms with Crippen LogP contribution in [0.15, 0.2) is 0 Å². The molecule has 1 aliphatic heterocycles. The van der Waals surface area contributed by atoms with Crippen molar-refractivity contribution in [2.24, 2.45) is 23.5 Å². The van der Waals surface area contributed by atoms with Gasteiger partial charge in [-0.2, -0.15) is 0 Å². The maximum absolute atomic E-state index is 14.0. The highest BCUT2D eigenvalue weighted by Gasteiger charge is 2.47. The van der Waals surface area contributed by atoms with E-state index in [-0.39, 0.29) is 23.7 Å². The number of amides is 4. The molecule has 5 unspecified atom stereocenters. The van der Waals surface area contributed by atoms with Gasteiger partial charge in [-0.15, -0.1) is 0 Å². The van der Waals surface area contributed by atoms with Gasteiger partial charge in [0.1, 0.15) is 17.7 Å². The Hall–Kier alpha value is -2.36. The van der Waals surface area contributed by atoms with Gasteiger partial charge in [-0.1, -0.05) is 53.9 Å². The normalized spacial score (nSPS) is 22.8. The number of aliphatic hydroxyl groups is 1. The summed E-state index contributed by atoms with van der Waals surface area (Å²) in [5.74, 6) is -1.36. The number of ether oxygens (including phenoxy) is 1. The number of nitrogens with zero attached hydrogens (tertiary/aromatic N) is 1. The smallest absolute Gasteiger partial charge is 0.408 e. The van der Waals surface area contributed by atoms with Crippen molar-refractivity contribution in [1.82, 2.24) is 15.5 Å². The van der Waals surface area contributed by atoms with Gasteiger partial charge in [0, 0.05) is 6.54 Å². The number of carbonyl (C=O) groups is 4. The van der Waals surface area contributed by atoms with E-state index >= 15 is 0 Å². The first-order valence-corrected chi connectivity index (χ1v) is 14.7. The molecule has 1 aliphatic carbocycles. The molecule has 0 aromatic carbocycles. The number of primary amides is 1. The highest BCUT2D eigenvalue weighted by molar-refractivity contribution is 5.93. The molecule has 1 heterocycles. The summed E-state index contributed by atoms with van der Waals surface area (Å²) in [5, 5.41) is 16.3. The lowest BCUT2D eigenvalue weighted by Crippen LogP contribution is -2.61. The lowest BCUT2D eigenvalue weighted by atomic mass is 9.90. The number of rotatable bonds is 10. The molecule has 4 amide bonds. The fraction of sp³-hybridized carbons (Fsp3) is 0.862. The monoisotopic (exact) mass is 554 g/mol. The highest BCUT2D eigenvalue weighted by Crippen LogP contribution is 2.34. The van der Waals surface area contributed by atoms with Crippen LogP contribution in [0.5, 0.6) is 0 Å². The van der Waals surface area contributed by atoms with Gasteiger partial charge in [-0.3, -0.25) is 14.4 Å². The number of likely N-dealkylation sites (tertiary alicyclic amines) is 1. The van der Waals surface area contributed by atoms with Crippen molar-refractivity contribution in [2.75, 3.05) is 6.54 Å². The zero-order valence-corrected chi connectivity index (χ0v) is 25.6. The molecule has 1 saturated heterocycles. The molecule has 2 rings (SSSR count). The average molecular weight is 555 g/mol. The number of hydrogen-bond donors (Lipinski definition) is 4. The van der Waals surface area contributed by atoms with E-state index in [4.69, 9.17) is 10.5 Å². The van der Waals surface area contributed by atoms with Crippen molar-refractivity contribution >= 4 is 23.8 Å². The van der Waals surface area contributed by atoms with Gasteiger partial charge < -0.3 is 31.1 Å². The average Bonchev–Trinajstić information content (AvgIpc) is 3.52. The van der Waals surface area contributed by atoms with E-state index in [2.05, 4.69) is 24.5 Å². The fourth-order valence-electron chi connectivity index (χ4n) is 5.35. The van der Waals surface area contributed by atoms with Gasteiger partial charge >= 0.3 is 6.09 Å². The van der Waals surface area contributed by atoms with Crippen LogP contribution >= 0.6 is 0 Å². The van der Waals surface area contributed by atoms with E-state index in [1.807, 2.05) is 20.8 Å². The van der Waals surface area contributed by atoms with Gasteiger partial charge in [0.05, 0.1) is 6.04 Å². The molecule has 10 nitrogen and oxygen atoms in total. The summed E-state index contributed by atoms with van der Waals surface area (Å²) in [6.07, 6.45) is 4.33. The summed E-state index contributed by atoms with van der Waals surface area (Å²) in [4.78, 5) is 53.7. The van der Waals surface area contributed by atoms with E-state index in [9.17, 15) is 24.3 Å². The minimum atomic E-state index is -1.93. The van der Waals surface area contributed by atoms with Crippen LogP contribution in [0.3, 0.4) is 0 Å². The van der Waals surface area contributed by atoms with Gasteiger partial charge in [-0.25, -0.2) is 4.79 Å². The van der Waals surface area contributed by atoms with E-state index in [1.54, 1.807) is 25.7 Å². The molecular formula is C29H54N4O6. The molecule has 0 radical (unpaired) electrons. The largest absolute Gasteiger partial charge is 0.444 e. The Morgan fingerprint density at radius 2 is 1.59 bits per heavy atom. The van der Waals surface area contributed by atoms with Crippen LogP contribution in [0.4, 0.5) is 4.79 Å². The molecule has 0 spiro atoms. The van der Waals surface area contributed by atoms with Crippen molar-refractivity contribution in [3.8, 4) is 0 Å². The SMILES string of the molecule is CC.CCCC(NC(=O)C1CC(C(C)C)CN1C(=O)C(NC(=O)OC(C)(C)C)C1CCCC1)C(C)(O)C(N)=O. The molecule has 10 heteroatoms. The van der Waals surface area contributed by atoms with Crippen LogP contribution < -0.4 is 16.4 Å². The summed E-state index contributed by atoms with van der Waals surface area (Å²) in [7, 11) is 0. The van der Waals surface area contributed by atoms with Crippen LogP contribution in [0.2, 0.25) is 0 Å². The van der Waals surface area contributed by atoms with Gasteiger partial charge in [-0.05, 0) is 71.1 Å². The molecule has 5 N–H and O–H groups in total. The maximum atomic E-state index is 14.0. The van der Waals surface area contributed by atoms with Gasteiger partial charge in [0.15, 0.2) is 5.60 Å². The summed E-state index contributed by atoms with van der Waals surface area (Å²) >= 11 is 0. The zero-order chi connectivity index (χ0) is 30.1. The molecule has 0 aromatic rings. The van der Waals surface area contributed by atoms with E-state index in [0.717, 1.165) is 25.7 Å². The molecular weight excluding hydrogens is 500 g/mol. The fourth-order valence-corrected chi connectivity index (χ4v) is 5.35. The third-order valence-electron chi connectivity index (χ3n) is 7.74. The minimum absolute atomic E-state index is 0.0368. The lowest BCUT2D eigenvalue weighted by Gasteiger charge is -2.35. The first-order chi connectivity index (χ1) is 18.1. The molecule has 5 atom stereocenters. The Morgan fingerprint density at radius 3 is 2.05 bits per heavy atom. The van der Waals surface area contributed by atoms with E-state index in [1.165, 1.54) is 6.92 Å². The summed E-state index contributed by atoms with van der Waals surface area (Å²) < 4.78 is 5.44. The van der Waals surface area contributed by atoms with Crippen LogP contribution in [-0.2, 0) is 19.1 Å². The number of nitrogens with one attached hydrogen (secondary N) is 2. The first-order valence-electron chi connectivity index (χ1n) is 14.7. The predicted molar refractivity (Wildman–Crippen MR) is 152 cm³/mol. The molecule has 39 heavy (non-hydrogen) atoms. The van der Waals surface area contributed by atoms with Crippen molar-refractivity contribution < 1.29 is 29.0 Å². The number of alkyl carbamates (subject to hydrolysis) is 1. The lowest BCUT2D eigenvalue weighted by molar-refractivity contribution is -0.144. The van der Waals surface area contributed by atoms with E-state index in [0.29, 0.717) is 25.8 Å². The van der Waals surface area contributed by atoms with Gasteiger partial charge in [0.2, 0.25) is 11.8 Å². The van der Waals surface area contributed by atoms with Gasteiger partial charge in [0.25, 0.3) is 5.91 Å². The Labute approximate surface area is 235 Å². The molecule has 2 fully saturated rings. The molecule has 1 saturated carbocycles. The molecule has 0 aromatic heterocycles. The summed E-state index contributed by atoms with van der Waals surface area (Å²) in [5.41, 5.74) is 2.77. The van der Waals surface area contributed by atoms with E-state index < -0.39 is 47.2 Å². The van der Waals surface area contributed by atoms with Crippen molar-refractivity contribution in [2.45, 2.75) is 137 Å². The molecule has 2 aliphatic rings. The predicted octanol–water partition coefficient (Wildman–Crippen LogP) is 3.49. The Morgan fingerprint density at radius 1 is 1.03 bits per heavy atom. The third kappa shape index (κ3) is 9.65. The zero-order valence-electron chi connectivity index (χ0n) is 25.6.